The Bertz CT molecular complexity index is 477. The van der Waals surface area contributed by atoms with Gasteiger partial charge >= 0.3 is 0 Å². The zero-order chi connectivity index (χ0) is 10.8. The molecule has 0 unspecified atom stereocenters. The Morgan fingerprint density at radius 1 is 1.33 bits per heavy atom. The number of aromatic nitrogens is 4. The van der Waals surface area contributed by atoms with Crippen LogP contribution in [0.1, 0.15) is 24.7 Å². The van der Waals surface area contributed by atoms with Crippen LogP contribution in [0, 0.1) is 13.8 Å². The second-order valence-electron chi connectivity index (χ2n) is 3.49. The summed E-state index contributed by atoms with van der Waals surface area (Å²) in [5, 5.41) is 5.21. The molecule has 0 radical (unpaired) electrons. The summed E-state index contributed by atoms with van der Waals surface area (Å²) in [6.45, 7) is 6.14. The molecule has 0 aliphatic carbocycles. The van der Waals surface area contributed by atoms with Crippen LogP contribution in [0.15, 0.2) is 11.2 Å². The van der Waals surface area contributed by atoms with Gasteiger partial charge in [0.25, 0.3) is 5.78 Å². The van der Waals surface area contributed by atoms with Gasteiger partial charge in [0.15, 0.2) is 0 Å². The first-order valence-corrected chi connectivity index (χ1v) is 6.03. The van der Waals surface area contributed by atoms with Crippen LogP contribution in [-0.4, -0.2) is 25.3 Å². The lowest BCUT2D eigenvalue weighted by Crippen LogP contribution is -1.97. The Morgan fingerprint density at radius 2 is 2.13 bits per heavy atom. The summed E-state index contributed by atoms with van der Waals surface area (Å²) >= 11 is 1.68. The molecule has 0 amide bonds. The van der Waals surface area contributed by atoms with E-state index >= 15 is 0 Å². The lowest BCUT2D eigenvalue weighted by Gasteiger charge is -1.97. The molecule has 2 aromatic heterocycles. The molecule has 0 aromatic carbocycles. The number of nitrogens with zero attached hydrogens (tertiary/aromatic N) is 4. The molecule has 15 heavy (non-hydrogen) atoms. The summed E-state index contributed by atoms with van der Waals surface area (Å²) < 4.78 is 1.80. The number of rotatable bonds is 3. The van der Waals surface area contributed by atoms with E-state index in [-0.39, 0.29) is 0 Å². The van der Waals surface area contributed by atoms with Gasteiger partial charge in [0.1, 0.15) is 0 Å². The summed E-state index contributed by atoms with van der Waals surface area (Å²) in [5.41, 5.74) is 2.06. The van der Waals surface area contributed by atoms with E-state index in [1.54, 1.807) is 16.3 Å². The molecule has 0 spiro atoms. The molecule has 0 aliphatic rings. The maximum absolute atomic E-state index is 4.40. The molecule has 2 aromatic rings. The topological polar surface area (TPSA) is 43.1 Å². The summed E-state index contributed by atoms with van der Waals surface area (Å²) in [7, 11) is 0. The van der Waals surface area contributed by atoms with Crippen molar-refractivity contribution in [2.24, 2.45) is 0 Å². The number of hydrogen-bond acceptors (Lipinski definition) is 4. The van der Waals surface area contributed by atoms with Crippen LogP contribution in [0.25, 0.3) is 5.78 Å². The standard InChI is InChI=1S/C10H14N4S/c1-4-5-15-10-12-9-11-7(2)6-8(3)14(9)13-10/h6H,4-5H2,1-3H3. The Kier molecular flexibility index (Phi) is 2.90. The van der Waals surface area contributed by atoms with Crippen molar-refractivity contribution in [2.45, 2.75) is 32.3 Å². The quantitative estimate of drug-likeness (QED) is 0.747. The molecule has 5 heteroatoms. The maximum atomic E-state index is 4.40. The zero-order valence-corrected chi connectivity index (χ0v) is 10.0. The Morgan fingerprint density at radius 3 is 2.87 bits per heavy atom. The van der Waals surface area contributed by atoms with Gasteiger partial charge in [-0.2, -0.15) is 4.98 Å². The van der Waals surface area contributed by atoms with Crippen molar-refractivity contribution in [1.82, 2.24) is 19.6 Å². The molecule has 0 fully saturated rings. The zero-order valence-electron chi connectivity index (χ0n) is 9.19. The molecule has 0 N–H and O–H groups in total. The van der Waals surface area contributed by atoms with Crippen molar-refractivity contribution in [1.29, 1.82) is 0 Å². The number of fused-ring (bicyclic) bond motifs is 1. The number of hydrogen-bond donors (Lipinski definition) is 0. The third kappa shape index (κ3) is 2.12. The molecule has 4 nitrogen and oxygen atoms in total. The van der Waals surface area contributed by atoms with Crippen molar-refractivity contribution >= 4 is 17.5 Å². The third-order valence-corrected chi connectivity index (χ3v) is 3.08. The Labute approximate surface area is 93.1 Å². The van der Waals surface area contributed by atoms with Gasteiger partial charge in [-0.3, -0.25) is 0 Å². The van der Waals surface area contributed by atoms with E-state index < -0.39 is 0 Å². The van der Waals surface area contributed by atoms with E-state index in [2.05, 4.69) is 22.0 Å². The molecule has 0 aliphatic heterocycles. The van der Waals surface area contributed by atoms with Crippen molar-refractivity contribution in [3.8, 4) is 0 Å². The molecule has 0 saturated carbocycles. The van der Waals surface area contributed by atoms with E-state index in [1.807, 2.05) is 19.9 Å². The van der Waals surface area contributed by atoms with E-state index in [0.29, 0.717) is 5.78 Å². The molecule has 2 rings (SSSR count). The third-order valence-electron chi connectivity index (χ3n) is 2.03. The van der Waals surface area contributed by atoms with Crippen LogP contribution in [0.5, 0.6) is 0 Å². The molecule has 0 bridgehead atoms. The average Bonchev–Trinajstić information content (AvgIpc) is 2.57. The van der Waals surface area contributed by atoms with Gasteiger partial charge in [0.05, 0.1) is 0 Å². The highest BCUT2D eigenvalue weighted by molar-refractivity contribution is 7.99. The molecule has 0 atom stereocenters. The van der Waals surface area contributed by atoms with E-state index in [9.17, 15) is 0 Å². The lowest BCUT2D eigenvalue weighted by atomic mass is 10.4. The SMILES string of the molecule is CCCSc1nc2nc(C)cc(C)n2n1. The summed E-state index contributed by atoms with van der Waals surface area (Å²) in [6, 6.07) is 2.01. The fourth-order valence-electron chi connectivity index (χ4n) is 1.40. The maximum Gasteiger partial charge on any atom is 0.253 e. The largest absolute Gasteiger partial charge is 0.253 e. The van der Waals surface area contributed by atoms with Crippen LogP contribution in [-0.2, 0) is 0 Å². The van der Waals surface area contributed by atoms with Crippen LogP contribution in [0.3, 0.4) is 0 Å². The van der Waals surface area contributed by atoms with Crippen LogP contribution in [0.2, 0.25) is 0 Å². The molecule has 0 saturated heterocycles. The first-order chi connectivity index (χ1) is 7.20. The van der Waals surface area contributed by atoms with Crippen molar-refractivity contribution < 1.29 is 0 Å². The van der Waals surface area contributed by atoms with Gasteiger partial charge in [-0.1, -0.05) is 18.7 Å². The van der Waals surface area contributed by atoms with Gasteiger partial charge in [0, 0.05) is 17.1 Å². The van der Waals surface area contributed by atoms with Crippen molar-refractivity contribution in [2.75, 3.05) is 5.75 Å². The molecule has 2 heterocycles. The highest BCUT2D eigenvalue weighted by atomic mass is 32.2. The first-order valence-electron chi connectivity index (χ1n) is 5.04. The lowest BCUT2D eigenvalue weighted by molar-refractivity contribution is 0.842. The minimum Gasteiger partial charge on any atom is -0.216 e. The number of aryl methyl sites for hydroxylation is 2. The van der Waals surface area contributed by atoms with Crippen LogP contribution < -0.4 is 0 Å². The van der Waals surface area contributed by atoms with Gasteiger partial charge < -0.3 is 0 Å². The molecule has 80 valence electrons. The predicted octanol–water partition coefficient (Wildman–Crippen LogP) is 2.24. The monoisotopic (exact) mass is 222 g/mol. The van der Waals surface area contributed by atoms with Crippen LogP contribution in [0.4, 0.5) is 0 Å². The smallest absolute Gasteiger partial charge is 0.216 e. The Hall–Kier alpha value is -1.10. The van der Waals surface area contributed by atoms with E-state index in [0.717, 1.165) is 28.7 Å². The summed E-state index contributed by atoms with van der Waals surface area (Å²) in [6.07, 6.45) is 1.13. The number of thioether (sulfide) groups is 1. The van der Waals surface area contributed by atoms with Gasteiger partial charge in [-0.05, 0) is 26.3 Å². The fourth-order valence-corrected chi connectivity index (χ4v) is 2.07. The normalized spacial score (nSPS) is 11.1. The van der Waals surface area contributed by atoms with Gasteiger partial charge in [0.2, 0.25) is 5.16 Å². The minimum absolute atomic E-state index is 0.700. The predicted molar refractivity (Wildman–Crippen MR) is 61.3 cm³/mol. The highest BCUT2D eigenvalue weighted by Gasteiger charge is 2.07. The second kappa shape index (κ2) is 4.18. The highest BCUT2D eigenvalue weighted by Crippen LogP contribution is 2.15. The van der Waals surface area contributed by atoms with Crippen molar-refractivity contribution in [3.63, 3.8) is 0 Å². The average molecular weight is 222 g/mol. The minimum atomic E-state index is 0.700. The molecular weight excluding hydrogens is 208 g/mol. The summed E-state index contributed by atoms with van der Waals surface area (Å²) in [5.74, 6) is 1.75. The Balaban J connectivity index is 2.41. The molecular formula is C10H14N4S. The van der Waals surface area contributed by atoms with Gasteiger partial charge in [-0.25, -0.2) is 9.50 Å². The second-order valence-corrected chi connectivity index (χ2v) is 4.56. The summed E-state index contributed by atoms with van der Waals surface area (Å²) in [4.78, 5) is 8.72. The van der Waals surface area contributed by atoms with E-state index in [1.165, 1.54) is 0 Å². The van der Waals surface area contributed by atoms with Gasteiger partial charge in [-0.15, -0.1) is 5.10 Å². The van der Waals surface area contributed by atoms with Crippen molar-refractivity contribution in [3.05, 3.63) is 17.5 Å². The fraction of sp³-hybridized carbons (Fsp3) is 0.500. The van der Waals surface area contributed by atoms with E-state index in [4.69, 9.17) is 0 Å². The van der Waals surface area contributed by atoms with Crippen LogP contribution >= 0.6 is 11.8 Å². The first kappa shape index (κ1) is 10.4.